The van der Waals surface area contributed by atoms with E-state index in [1.54, 1.807) is 0 Å². The van der Waals surface area contributed by atoms with Crippen LogP contribution in [0.2, 0.25) is 5.02 Å². The summed E-state index contributed by atoms with van der Waals surface area (Å²) < 4.78 is 0. The molecule has 0 amide bonds. The highest BCUT2D eigenvalue weighted by molar-refractivity contribution is 6.30. The van der Waals surface area contributed by atoms with Gasteiger partial charge in [-0.15, -0.1) is 0 Å². The highest BCUT2D eigenvalue weighted by Gasteiger charge is 2.29. The second-order valence-electron chi connectivity index (χ2n) is 8.00. The Morgan fingerprint density at radius 2 is 1.52 bits per heavy atom. The van der Waals surface area contributed by atoms with E-state index in [0.717, 1.165) is 34.3 Å². The molecule has 0 saturated heterocycles. The fourth-order valence-corrected chi connectivity index (χ4v) is 4.85. The molecule has 25 heavy (non-hydrogen) atoms. The fraction of sp³-hybridized carbons (Fsp3) is 0.583. The molecule has 0 bridgehead atoms. The molecule has 0 nitrogen and oxygen atoms in total. The van der Waals surface area contributed by atoms with Crippen LogP contribution in [0.4, 0.5) is 0 Å². The number of hydrogen-bond donors (Lipinski definition) is 0. The molecule has 0 unspecified atom stereocenters. The Morgan fingerprint density at radius 3 is 2.12 bits per heavy atom. The number of rotatable bonds is 3. The molecule has 134 valence electrons. The van der Waals surface area contributed by atoms with Crippen LogP contribution >= 0.6 is 11.6 Å². The van der Waals surface area contributed by atoms with Gasteiger partial charge in [-0.1, -0.05) is 55.7 Å². The zero-order chi connectivity index (χ0) is 17.5. The van der Waals surface area contributed by atoms with Gasteiger partial charge in [-0.05, 0) is 92.5 Å². The molecule has 0 atom stereocenters. The Labute approximate surface area is 159 Å². The quantitative estimate of drug-likeness (QED) is 0.500. The molecule has 2 fully saturated rings. The van der Waals surface area contributed by atoms with Crippen LogP contribution in [0.3, 0.4) is 0 Å². The third-order valence-corrected chi connectivity index (χ3v) is 6.72. The minimum Gasteiger partial charge on any atom is -0.0843 e. The Bertz CT molecular complexity index is 600. The average molecular weight is 355 g/mol. The summed E-state index contributed by atoms with van der Waals surface area (Å²) in [6.07, 6.45) is 17.3. The van der Waals surface area contributed by atoms with E-state index >= 15 is 0 Å². The first-order chi connectivity index (χ1) is 12.2. The lowest BCUT2D eigenvalue weighted by Gasteiger charge is -2.37. The van der Waals surface area contributed by atoms with Crippen molar-refractivity contribution in [1.29, 1.82) is 0 Å². The third-order valence-electron chi connectivity index (χ3n) is 6.46. The second-order valence-corrected chi connectivity index (χ2v) is 8.44. The first-order valence-electron chi connectivity index (χ1n) is 10.2. The van der Waals surface area contributed by atoms with Crippen LogP contribution in [-0.4, -0.2) is 0 Å². The van der Waals surface area contributed by atoms with Crippen molar-refractivity contribution >= 4 is 11.6 Å². The Morgan fingerprint density at radius 1 is 0.920 bits per heavy atom. The van der Waals surface area contributed by atoms with Crippen LogP contribution in [0.15, 0.2) is 36.4 Å². The van der Waals surface area contributed by atoms with Crippen LogP contribution in [0.5, 0.6) is 0 Å². The highest BCUT2D eigenvalue weighted by atomic mass is 35.5. The van der Waals surface area contributed by atoms with Crippen LogP contribution in [0, 0.1) is 35.5 Å². The predicted octanol–water partition coefficient (Wildman–Crippen LogP) is 7.27. The summed E-state index contributed by atoms with van der Waals surface area (Å²) in [6, 6.07) is 7.73. The van der Waals surface area contributed by atoms with E-state index in [0.29, 0.717) is 0 Å². The van der Waals surface area contributed by atoms with Crippen LogP contribution in [0.1, 0.15) is 70.3 Å². The van der Waals surface area contributed by atoms with Gasteiger partial charge in [0.05, 0.1) is 0 Å². The van der Waals surface area contributed by atoms with Gasteiger partial charge in [0.15, 0.2) is 0 Å². The lowest BCUT2D eigenvalue weighted by Crippen LogP contribution is -2.25. The monoisotopic (exact) mass is 354 g/mol. The number of hydrogen-bond acceptors (Lipinski definition) is 0. The number of halogens is 1. The van der Waals surface area contributed by atoms with Gasteiger partial charge in [-0.2, -0.15) is 0 Å². The van der Waals surface area contributed by atoms with E-state index in [4.69, 9.17) is 11.6 Å². The van der Waals surface area contributed by atoms with Gasteiger partial charge in [-0.3, -0.25) is 0 Å². The van der Waals surface area contributed by atoms with Gasteiger partial charge < -0.3 is 0 Å². The van der Waals surface area contributed by atoms with Gasteiger partial charge in [0, 0.05) is 10.6 Å². The van der Waals surface area contributed by atoms with E-state index in [1.807, 2.05) is 24.3 Å². The summed E-state index contributed by atoms with van der Waals surface area (Å²) in [7, 11) is 0. The largest absolute Gasteiger partial charge is 0.0843 e. The molecule has 3 rings (SSSR count). The normalized spacial score (nSPS) is 30.0. The van der Waals surface area contributed by atoms with E-state index in [-0.39, 0.29) is 0 Å². The summed E-state index contributed by atoms with van der Waals surface area (Å²) in [4.78, 5) is 0. The summed E-state index contributed by atoms with van der Waals surface area (Å²) in [6.45, 7) is 2.36. The van der Waals surface area contributed by atoms with Crippen LogP contribution < -0.4 is 0 Å². The van der Waals surface area contributed by atoms with E-state index in [9.17, 15) is 0 Å². The van der Waals surface area contributed by atoms with E-state index < -0.39 is 0 Å². The molecule has 1 aromatic rings. The SMILES string of the molecule is CC[C@H]1CC[C@H](C2CCC(/C=C/C#Cc3ccc(Cl)cc3)CC2)CC1. The van der Waals surface area contributed by atoms with Crippen LogP contribution in [-0.2, 0) is 0 Å². The summed E-state index contributed by atoms with van der Waals surface area (Å²) in [5, 5.41) is 0.765. The number of allylic oxidation sites excluding steroid dienone is 2. The number of benzene rings is 1. The first-order valence-corrected chi connectivity index (χ1v) is 10.6. The van der Waals surface area contributed by atoms with Gasteiger partial charge in [0.25, 0.3) is 0 Å². The lowest BCUT2D eigenvalue weighted by molar-refractivity contribution is 0.154. The molecule has 0 N–H and O–H groups in total. The topological polar surface area (TPSA) is 0 Å². The van der Waals surface area contributed by atoms with Crippen molar-refractivity contribution < 1.29 is 0 Å². The zero-order valence-electron chi connectivity index (χ0n) is 15.5. The van der Waals surface area contributed by atoms with Gasteiger partial charge >= 0.3 is 0 Å². The Balaban J connectivity index is 1.41. The van der Waals surface area contributed by atoms with Gasteiger partial charge in [-0.25, -0.2) is 0 Å². The van der Waals surface area contributed by atoms with Gasteiger partial charge in [0.1, 0.15) is 0 Å². The smallest absolute Gasteiger partial charge is 0.0406 e. The van der Waals surface area contributed by atoms with Crippen molar-refractivity contribution in [3.05, 3.63) is 47.0 Å². The summed E-state index contributed by atoms with van der Waals surface area (Å²) in [5.74, 6) is 10.2. The molecule has 0 heterocycles. The predicted molar refractivity (Wildman–Crippen MR) is 109 cm³/mol. The maximum atomic E-state index is 5.89. The van der Waals surface area contributed by atoms with E-state index in [1.165, 1.54) is 57.8 Å². The maximum Gasteiger partial charge on any atom is 0.0406 e. The Kier molecular flexibility index (Phi) is 7.06. The molecule has 2 aliphatic carbocycles. The minimum atomic E-state index is 0.739. The molecule has 1 aromatic carbocycles. The van der Waals surface area contributed by atoms with Crippen molar-refractivity contribution in [2.75, 3.05) is 0 Å². The second kappa shape index (κ2) is 9.49. The average Bonchev–Trinajstić information content (AvgIpc) is 2.67. The third kappa shape index (κ3) is 5.65. The summed E-state index contributed by atoms with van der Waals surface area (Å²) >= 11 is 5.89. The van der Waals surface area contributed by atoms with Crippen molar-refractivity contribution in [3.8, 4) is 11.8 Å². The van der Waals surface area contributed by atoms with Crippen molar-refractivity contribution in [1.82, 2.24) is 0 Å². The Hall–Kier alpha value is -1.19. The molecule has 2 aliphatic rings. The molecule has 0 aliphatic heterocycles. The molecular formula is C24H31Cl. The standard InChI is InChI=1S/C24H31Cl/c1-2-19-7-13-22(14-8-19)23-15-9-20(10-16-23)5-3-4-6-21-11-17-24(25)18-12-21/h3,5,11-12,17-20,22-23H,2,7-10,13-16H2,1H3/b5-3+/t19-,20?,22-,23?. The molecule has 2 saturated carbocycles. The molecule has 0 spiro atoms. The maximum absolute atomic E-state index is 5.89. The van der Waals surface area contributed by atoms with Gasteiger partial charge in [0.2, 0.25) is 0 Å². The fourth-order valence-electron chi connectivity index (χ4n) is 4.72. The molecular weight excluding hydrogens is 324 g/mol. The van der Waals surface area contributed by atoms with Crippen LogP contribution in [0.25, 0.3) is 0 Å². The zero-order valence-corrected chi connectivity index (χ0v) is 16.3. The molecule has 0 radical (unpaired) electrons. The highest BCUT2D eigenvalue weighted by Crippen LogP contribution is 2.42. The van der Waals surface area contributed by atoms with E-state index in [2.05, 4.69) is 30.9 Å². The molecule has 1 heteroatoms. The lowest BCUT2D eigenvalue weighted by atomic mass is 9.69. The van der Waals surface area contributed by atoms with Crippen molar-refractivity contribution in [3.63, 3.8) is 0 Å². The minimum absolute atomic E-state index is 0.739. The van der Waals surface area contributed by atoms with Crippen molar-refractivity contribution in [2.24, 2.45) is 23.7 Å². The molecule has 0 aromatic heterocycles. The van der Waals surface area contributed by atoms with Crippen molar-refractivity contribution in [2.45, 2.75) is 64.7 Å². The first kappa shape index (κ1) is 18.6. The summed E-state index contributed by atoms with van der Waals surface area (Å²) in [5.41, 5.74) is 1.03.